The number of oxazole rings is 1. The Morgan fingerprint density at radius 2 is 2.33 bits per heavy atom. The van der Waals surface area contributed by atoms with Crippen LogP contribution in [0, 0.1) is 0 Å². The number of fused-ring (bicyclic) bond motifs is 1. The Balaban J connectivity index is 2.51. The summed E-state index contributed by atoms with van der Waals surface area (Å²) in [7, 11) is 0. The molecule has 1 heterocycles. The molecule has 0 amide bonds. The second-order valence-electron chi connectivity index (χ2n) is 3.01. The first-order valence-electron chi connectivity index (χ1n) is 4.29. The summed E-state index contributed by atoms with van der Waals surface area (Å²) in [5, 5.41) is 0.739. The number of Topliss-reactive ketones (excluding diaryl/α,β-unsaturated/α-hetero) is 1. The number of ketones is 1. The molecule has 0 fully saturated rings. The summed E-state index contributed by atoms with van der Waals surface area (Å²) in [5.41, 5.74) is 2.36. The van der Waals surface area contributed by atoms with E-state index in [9.17, 15) is 4.79 Å². The molecule has 0 spiro atoms. The Morgan fingerprint density at radius 3 is 3.00 bits per heavy atom. The first-order valence-corrected chi connectivity index (χ1v) is 5.95. The van der Waals surface area contributed by atoms with Gasteiger partial charge >= 0.3 is 0 Å². The van der Waals surface area contributed by atoms with Gasteiger partial charge in [0.25, 0.3) is 5.89 Å². The maximum atomic E-state index is 11.2. The number of carbonyl (C=O) groups is 1. The van der Waals surface area contributed by atoms with Gasteiger partial charge in [0, 0.05) is 5.33 Å². The highest BCUT2D eigenvalue weighted by Crippen LogP contribution is 2.19. The molecule has 0 aliphatic heterocycles. The van der Waals surface area contributed by atoms with Crippen LogP contribution in [0.5, 0.6) is 0 Å². The lowest BCUT2D eigenvalue weighted by Gasteiger charge is -1.91. The number of hydrogen-bond acceptors (Lipinski definition) is 3. The molecule has 0 unspecified atom stereocenters. The Bertz CT molecular complexity index is 509. The van der Waals surface area contributed by atoms with Crippen molar-refractivity contribution < 1.29 is 9.21 Å². The van der Waals surface area contributed by atoms with Crippen molar-refractivity contribution in [1.82, 2.24) is 4.98 Å². The molecule has 1 aromatic heterocycles. The van der Waals surface area contributed by atoms with Gasteiger partial charge in [-0.2, -0.15) is 0 Å². The van der Waals surface area contributed by atoms with E-state index in [-0.39, 0.29) is 17.6 Å². The van der Waals surface area contributed by atoms with E-state index in [4.69, 9.17) is 16.0 Å². The molecule has 0 radical (unpaired) electrons. The third-order valence-electron chi connectivity index (χ3n) is 1.97. The largest absolute Gasteiger partial charge is 0.434 e. The normalized spacial score (nSPS) is 10.8. The van der Waals surface area contributed by atoms with Crippen LogP contribution in [0.1, 0.15) is 16.2 Å². The van der Waals surface area contributed by atoms with Crippen molar-refractivity contribution in [3.8, 4) is 0 Å². The second-order valence-corrected chi connectivity index (χ2v) is 3.84. The van der Waals surface area contributed by atoms with Crippen molar-refractivity contribution in [2.24, 2.45) is 0 Å². The minimum Gasteiger partial charge on any atom is -0.434 e. The van der Waals surface area contributed by atoms with Crippen LogP contribution in [-0.4, -0.2) is 16.6 Å². The summed E-state index contributed by atoms with van der Waals surface area (Å²) in [6.45, 7) is 0. The minimum absolute atomic E-state index is 0.0757. The Hall–Kier alpha value is -0.870. The third kappa shape index (κ3) is 2.06. The molecule has 2 aromatic rings. The lowest BCUT2D eigenvalue weighted by atomic mass is 10.2. The van der Waals surface area contributed by atoms with Crippen LogP contribution in [-0.2, 0) is 5.33 Å². The maximum absolute atomic E-state index is 11.2. The third-order valence-corrected chi connectivity index (χ3v) is 2.86. The monoisotopic (exact) mass is 287 g/mol. The highest BCUT2D eigenvalue weighted by molar-refractivity contribution is 9.08. The van der Waals surface area contributed by atoms with Crippen molar-refractivity contribution in [3.05, 3.63) is 29.7 Å². The molecule has 0 N–H and O–H groups in total. The lowest BCUT2D eigenvalue weighted by molar-refractivity contribution is 0.0986. The summed E-state index contributed by atoms with van der Waals surface area (Å²) in [6.07, 6.45) is 0. The van der Waals surface area contributed by atoms with Crippen LogP contribution in [0.4, 0.5) is 0 Å². The predicted octanol–water partition coefficient (Wildman–Crippen LogP) is 3.14. The van der Waals surface area contributed by atoms with E-state index in [0.717, 1.165) is 10.9 Å². The molecular weight excluding hydrogens is 281 g/mol. The second kappa shape index (κ2) is 4.33. The van der Waals surface area contributed by atoms with Gasteiger partial charge in [-0.3, -0.25) is 4.79 Å². The molecule has 0 saturated carbocycles. The fraction of sp³-hybridized carbons (Fsp3) is 0.200. The summed E-state index contributed by atoms with van der Waals surface area (Å²) in [6, 6.07) is 5.59. The molecule has 0 atom stereocenters. The first-order chi connectivity index (χ1) is 7.24. The quantitative estimate of drug-likeness (QED) is 0.644. The fourth-order valence-corrected chi connectivity index (χ4v) is 1.69. The van der Waals surface area contributed by atoms with Crippen LogP contribution in [0.2, 0.25) is 0 Å². The first kappa shape index (κ1) is 10.6. The molecule has 2 rings (SSSR count). The average Bonchev–Trinajstić information content (AvgIpc) is 2.70. The van der Waals surface area contributed by atoms with E-state index < -0.39 is 0 Å². The van der Waals surface area contributed by atoms with Crippen LogP contribution >= 0.6 is 27.5 Å². The van der Waals surface area contributed by atoms with Crippen LogP contribution < -0.4 is 0 Å². The number of benzene rings is 1. The average molecular weight is 289 g/mol. The van der Waals surface area contributed by atoms with Crippen molar-refractivity contribution in [3.63, 3.8) is 0 Å². The van der Waals surface area contributed by atoms with Crippen LogP contribution in [0.15, 0.2) is 22.6 Å². The molecular formula is C10H7BrClNO2. The zero-order chi connectivity index (χ0) is 10.8. The highest BCUT2D eigenvalue weighted by Gasteiger charge is 2.12. The standard InChI is InChI=1S/C10H7BrClNO2/c11-4-6-1-2-7-9(3-6)15-10(13-7)8(14)5-12/h1-3H,4-5H2. The lowest BCUT2D eigenvalue weighted by Crippen LogP contribution is -1.99. The zero-order valence-electron chi connectivity index (χ0n) is 7.67. The van der Waals surface area contributed by atoms with Crippen molar-refractivity contribution >= 4 is 44.4 Å². The summed E-state index contributed by atoms with van der Waals surface area (Å²) >= 11 is 8.76. The van der Waals surface area contributed by atoms with Gasteiger partial charge in [-0.15, -0.1) is 11.6 Å². The molecule has 78 valence electrons. The topological polar surface area (TPSA) is 43.1 Å². The van der Waals surface area contributed by atoms with Crippen LogP contribution in [0.25, 0.3) is 11.1 Å². The van der Waals surface area contributed by atoms with E-state index >= 15 is 0 Å². The number of nitrogens with zero attached hydrogens (tertiary/aromatic N) is 1. The van der Waals surface area contributed by atoms with Crippen LogP contribution in [0.3, 0.4) is 0 Å². The number of hydrogen-bond donors (Lipinski definition) is 0. The molecule has 5 heteroatoms. The van der Waals surface area contributed by atoms with Gasteiger partial charge < -0.3 is 4.42 Å². The molecule has 3 nitrogen and oxygen atoms in total. The van der Waals surface area contributed by atoms with Gasteiger partial charge in [0.05, 0.1) is 5.88 Å². The van der Waals surface area contributed by atoms with E-state index in [1.165, 1.54) is 0 Å². The molecule has 0 saturated heterocycles. The van der Waals surface area contributed by atoms with Gasteiger partial charge in [0.2, 0.25) is 5.78 Å². The molecule has 1 aromatic carbocycles. The Morgan fingerprint density at radius 1 is 1.53 bits per heavy atom. The summed E-state index contributed by atoms with van der Waals surface area (Å²) < 4.78 is 5.30. The van der Waals surface area contributed by atoms with E-state index in [0.29, 0.717) is 11.1 Å². The number of aromatic nitrogens is 1. The van der Waals surface area contributed by atoms with Gasteiger partial charge in [-0.25, -0.2) is 4.98 Å². The molecule has 0 aliphatic carbocycles. The summed E-state index contributed by atoms with van der Waals surface area (Å²) in [5.74, 6) is -0.335. The van der Waals surface area contributed by atoms with E-state index in [1.807, 2.05) is 18.2 Å². The SMILES string of the molecule is O=C(CCl)c1nc2ccc(CBr)cc2o1. The maximum Gasteiger partial charge on any atom is 0.265 e. The fourth-order valence-electron chi connectivity index (χ4n) is 1.23. The number of alkyl halides is 2. The Labute approximate surface area is 99.6 Å². The van der Waals surface area contributed by atoms with E-state index in [2.05, 4.69) is 20.9 Å². The highest BCUT2D eigenvalue weighted by atomic mass is 79.9. The van der Waals surface area contributed by atoms with Gasteiger partial charge in [-0.05, 0) is 17.7 Å². The van der Waals surface area contributed by atoms with Gasteiger partial charge in [-0.1, -0.05) is 22.0 Å². The number of halogens is 2. The van der Waals surface area contributed by atoms with Gasteiger partial charge in [0.15, 0.2) is 5.58 Å². The smallest absolute Gasteiger partial charge is 0.265 e. The Kier molecular flexibility index (Phi) is 3.07. The number of rotatable bonds is 3. The van der Waals surface area contributed by atoms with Crippen molar-refractivity contribution in [2.75, 3.05) is 5.88 Å². The predicted molar refractivity (Wildman–Crippen MR) is 61.7 cm³/mol. The molecule has 15 heavy (non-hydrogen) atoms. The minimum atomic E-state index is -0.298. The van der Waals surface area contributed by atoms with E-state index in [1.54, 1.807) is 0 Å². The molecule has 0 aliphatic rings. The number of carbonyl (C=O) groups excluding carboxylic acids is 1. The van der Waals surface area contributed by atoms with Gasteiger partial charge in [0.1, 0.15) is 5.52 Å². The summed E-state index contributed by atoms with van der Waals surface area (Å²) in [4.78, 5) is 15.3. The van der Waals surface area contributed by atoms with Crippen molar-refractivity contribution in [1.29, 1.82) is 0 Å². The zero-order valence-corrected chi connectivity index (χ0v) is 10.0. The van der Waals surface area contributed by atoms with Crippen molar-refractivity contribution in [2.45, 2.75) is 5.33 Å². The molecule has 0 bridgehead atoms.